The Hall–Kier alpha value is -2.02. The zero-order chi connectivity index (χ0) is 9.84. The maximum atomic E-state index is 11.1. The van der Waals surface area contributed by atoms with Crippen molar-refractivity contribution in [3.8, 4) is 0 Å². The molecule has 0 aliphatic carbocycles. The molecule has 0 aromatic heterocycles. The molecule has 0 aliphatic rings. The number of carbonyl (C=O) groups excluding carboxylic acids is 1. The molecule has 4 heteroatoms. The molecule has 0 atom stereocenters. The molecule has 0 fully saturated rings. The van der Waals surface area contributed by atoms with E-state index in [1.807, 2.05) is 0 Å². The van der Waals surface area contributed by atoms with E-state index in [0.717, 1.165) is 0 Å². The predicted octanol–water partition coefficient (Wildman–Crippen LogP) is 1.18. The highest BCUT2D eigenvalue weighted by Gasteiger charge is 2.05. The first kappa shape index (κ1) is 9.07. The van der Waals surface area contributed by atoms with E-state index in [9.17, 15) is 4.79 Å². The van der Waals surface area contributed by atoms with Crippen LogP contribution in [0.4, 0.5) is 11.4 Å². The standard InChI is InChI=1S/C9H9N3O/c1-11-8-5-6(9(13)12-2)3-4-7(8)10/h3-5H,10H2,2H3,(H,12,13). The minimum Gasteiger partial charge on any atom is -0.407 e. The molecule has 0 saturated carbocycles. The maximum Gasteiger partial charge on any atom is 0.249 e. The maximum absolute atomic E-state index is 11.1. The van der Waals surface area contributed by atoms with Crippen LogP contribution in [-0.2, 0) is 0 Å². The average Bonchev–Trinajstić information content (AvgIpc) is 2.17. The van der Waals surface area contributed by atoms with Crippen molar-refractivity contribution in [3.63, 3.8) is 0 Å². The molecule has 0 aliphatic heterocycles. The molecule has 1 rings (SSSR count). The van der Waals surface area contributed by atoms with Gasteiger partial charge >= 0.3 is 0 Å². The van der Waals surface area contributed by atoms with Crippen LogP contribution in [0.3, 0.4) is 0 Å². The van der Waals surface area contributed by atoms with E-state index in [4.69, 9.17) is 12.3 Å². The number of amides is 1. The van der Waals surface area contributed by atoms with Crippen LogP contribution in [0, 0.1) is 6.57 Å². The molecule has 0 bridgehead atoms. The van der Waals surface area contributed by atoms with Gasteiger partial charge in [-0.2, -0.15) is 0 Å². The number of carbonyl (C=O) groups is 1. The number of nitrogen functional groups attached to an aromatic ring is 1. The van der Waals surface area contributed by atoms with E-state index in [1.165, 1.54) is 13.1 Å². The fraction of sp³-hybridized carbons (Fsp3) is 0.111. The first-order valence-corrected chi connectivity index (χ1v) is 3.68. The van der Waals surface area contributed by atoms with Crippen molar-refractivity contribution in [2.24, 2.45) is 0 Å². The summed E-state index contributed by atoms with van der Waals surface area (Å²) in [7, 11) is 1.54. The lowest BCUT2D eigenvalue weighted by Crippen LogP contribution is -2.17. The second kappa shape index (κ2) is 3.59. The lowest BCUT2D eigenvalue weighted by atomic mass is 10.1. The van der Waals surface area contributed by atoms with Gasteiger partial charge in [-0.25, -0.2) is 4.85 Å². The Morgan fingerprint density at radius 2 is 2.31 bits per heavy atom. The number of hydrogen-bond acceptors (Lipinski definition) is 2. The fourth-order valence-electron chi connectivity index (χ4n) is 0.926. The summed E-state index contributed by atoms with van der Waals surface area (Å²) in [6.45, 7) is 6.79. The monoisotopic (exact) mass is 175 g/mol. The molecular formula is C9H9N3O. The molecule has 0 spiro atoms. The van der Waals surface area contributed by atoms with Crippen LogP contribution in [0.25, 0.3) is 4.85 Å². The van der Waals surface area contributed by atoms with E-state index in [2.05, 4.69) is 10.2 Å². The lowest BCUT2D eigenvalue weighted by Gasteiger charge is -2.01. The second-order valence-electron chi connectivity index (χ2n) is 2.46. The first-order valence-electron chi connectivity index (χ1n) is 3.68. The SMILES string of the molecule is [C-]#[N+]c1cc(C(=O)NC)ccc1N. The summed E-state index contributed by atoms with van der Waals surface area (Å²) >= 11 is 0. The number of nitrogens with two attached hydrogens (primary N) is 1. The summed E-state index contributed by atoms with van der Waals surface area (Å²) in [6.07, 6.45) is 0. The number of hydrogen-bond donors (Lipinski definition) is 2. The average molecular weight is 175 g/mol. The molecule has 3 N–H and O–H groups in total. The normalized spacial score (nSPS) is 8.92. The van der Waals surface area contributed by atoms with Gasteiger partial charge < -0.3 is 11.1 Å². The van der Waals surface area contributed by atoms with E-state index >= 15 is 0 Å². The lowest BCUT2D eigenvalue weighted by molar-refractivity contribution is 0.0963. The summed E-state index contributed by atoms with van der Waals surface area (Å²) < 4.78 is 0. The van der Waals surface area contributed by atoms with Crippen molar-refractivity contribution in [2.45, 2.75) is 0 Å². The topological polar surface area (TPSA) is 59.5 Å². The fourth-order valence-corrected chi connectivity index (χ4v) is 0.926. The summed E-state index contributed by atoms with van der Waals surface area (Å²) in [4.78, 5) is 14.3. The zero-order valence-corrected chi connectivity index (χ0v) is 7.16. The zero-order valence-electron chi connectivity index (χ0n) is 7.16. The molecule has 1 aromatic rings. The Balaban J connectivity index is 3.15. The molecule has 66 valence electrons. The van der Waals surface area contributed by atoms with Gasteiger partial charge in [0.25, 0.3) is 0 Å². The minimum absolute atomic E-state index is 0.218. The van der Waals surface area contributed by atoms with Crippen molar-refractivity contribution in [1.29, 1.82) is 0 Å². The highest BCUT2D eigenvalue weighted by Crippen LogP contribution is 2.22. The highest BCUT2D eigenvalue weighted by molar-refractivity contribution is 5.96. The molecule has 0 unspecified atom stereocenters. The van der Waals surface area contributed by atoms with Gasteiger partial charge in [0.2, 0.25) is 11.6 Å². The molecule has 0 radical (unpaired) electrons. The van der Waals surface area contributed by atoms with Crippen LogP contribution in [0.15, 0.2) is 18.2 Å². The third-order valence-corrected chi connectivity index (χ3v) is 1.64. The Labute approximate surface area is 76.2 Å². The number of rotatable bonds is 1. The Bertz CT molecular complexity index is 379. The van der Waals surface area contributed by atoms with E-state index in [-0.39, 0.29) is 5.91 Å². The van der Waals surface area contributed by atoms with Crippen LogP contribution >= 0.6 is 0 Å². The largest absolute Gasteiger partial charge is 0.407 e. The van der Waals surface area contributed by atoms with E-state index in [1.54, 1.807) is 12.1 Å². The van der Waals surface area contributed by atoms with Gasteiger partial charge in [0.15, 0.2) is 0 Å². The quantitative estimate of drug-likeness (QED) is 0.497. The Morgan fingerprint density at radius 3 is 2.85 bits per heavy atom. The van der Waals surface area contributed by atoms with Gasteiger partial charge in [0.1, 0.15) is 0 Å². The van der Waals surface area contributed by atoms with Gasteiger partial charge in [-0.3, -0.25) is 4.79 Å². The van der Waals surface area contributed by atoms with Crippen LogP contribution in [0.2, 0.25) is 0 Å². The third kappa shape index (κ3) is 1.76. The summed E-state index contributed by atoms with van der Waals surface area (Å²) in [5.74, 6) is -0.218. The summed E-state index contributed by atoms with van der Waals surface area (Å²) in [6, 6.07) is 4.61. The van der Waals surface area contributed by atoms with Crippen LogP contribution < -0.4 is 11.1 Å². The molecule has 0 heterocycles. The smallest absolute Gasteiger partial charge is 0.249 e. The third-order valence-electron chi connectivity index (χ3n) is 1.64. The Morgan fingerprint density at radius 1 is 1.62 bits per heavy atom. The molecule has 4 nitrogen and oxygen atoms in total. The number of nitrogens with zero attached hydrogens (tertiary/aromatic N) is 1. The Kier molecular flexibility index (Phi) is 2.50. The number of anilines is 1. The van der Waals surface area contributed by atoms with Gasteiger partial charge in [-0.05, 0) is 12.1 Å². The predicted molar refractivity (Wildman–Crippen MR) is 50.5 cm³/mol. The van der Waals surface area contributed by atoms with Crippen LogP contribution in [0.5, 0.6) is 0 Å². The van der Waals surface area contributed by atoms with Gasteiger partial charge in [0, 0.05) is 18.3 Å². The second-order valence-corrected chi connectivity index (χ2v) is 2.46. The number of nitrogens with one attached hydrogen (secondary N) is 1. The van der Waals surface area contributed by atoms with Crippen molar-refractivity contribution in [2.75, 3.05) is 12.8 Å². The van der Waals surface area contributed by atoms with Crippen molar-refractivity contribution in [1.82, 2.24) is 5.32 Å². The van der Waals surface area contributed by atoms with Crippen LogP contribution in [-0.4, -0.2) is 13.0 Å². The van der Waals surface area contributed by atoms with Crippen molar-refractivity contribution in [3.05, 3.63) is 35.2 Å². The minimum atomic E-state index is -0.218. The van der Waals surface area contributed by atoms with Gasteiger partial charge in [0.05, 0.1) is 6.57 Å². The molecule has 1 aromatic carbocycles. The highest BCUT2D eigenvalue weighted by atomic mass is 16.1. The van der Waals surface area contributed by atoms with Crippen molar-refractivity contribution >= 4 is 17.3 Å². The van der Waals surface area contributed by atoms with E-state index in [0.29, 0.717) is 16.9 Å². The number of benzene rings is 1. The van der Waals surface area contributed by atoms with Gasteiger partial charge in [-0.15, -0.1) is 0 Å². The molecule has 1 amide bonds. The van der Waals surface area contributed by atoms with E-state index < -0.39 is 0 Å². The van der Waals surface area contributed by atoms with Gasteiger partial charge in [-0.1, -0.05) is 6.07 Å². The molecule has 13 heavy (non-hydrogen) atoms. The first-order chi connectivity index (χ1) is 6.19. The molecular weight excluding hydrogens is 166 g/mol. The summed E-state index contributed by atoms with van der Waals surface area (Å²) in [5, 5.41) is 2.47. The van der Waals surface area contributed by atoms with Crippen LogP contribution in [0.1, 0.15) is 10.4 Å². The van der Waals surface area contributed by atoms with Crippen molar-refractivity contribution < 1.29 is 4.79 Å². The summed E-state index contributed by atoms with van der Waals surface area (Å²) in [5.41, 5.74) is 6.64. The molecule has 0 saturated heterocycles.